The summed E-state index contributed by atoms with van der Waals surface area (Å²) in [5.74, 6) is -2.53. The Morgan fingerprint density at radius 3 is 2.44 bits per heavy atom. The molecule has 10 heteroatoms. The second-order valence-corrected chi connectivity index (χ2v) is 10.3. The number of carboxylic acid groups (broad SMARTS) is 1. The van der Waals surface area contributed by atoms with E-state index in [0.717, 1.165) is 21.9 Å². The highest BCUT2D eigenvalue weighted by atomic mass is 16.4. The number of hydrogen-bond acceptors (Lipinski definition) is 6. The first-order chi connectivity index (χ1) is 18.5. The monoisotopic (exact) mass is 538 g/mol. The fourth-order valence-corrected chi connectivity index (χ4v) is 4.44. The molecular formula is C29H38N4O6. The van der Waals surface area contributed by atoms with Gasteiger partial charge < -0.3 is 20.8 Å². The van der Waals surface area contributed by atoms with Crippen LogP contribution in [0.2, 0.25) is 0 Å². The first-order valence-electron chi connectivity index (χ1n) is 13.2. The molecule has 0 saturated carbocycles. The number of carbonyl (C=O) groups is 4. The number of benzene rings is 2. The molecule has 1 aliphatic rings. The summed E-state index contributed by atoms with van der Waals surface area (Å²) >= 11 is 0. The van der Waals surface area contributed by atoms with Crippen molar-refractivity contribution in [3.63, 3.8) is 0 Å². The highest BCUT2D eigenvalue weighted by Crippen LogP contribution is 2.22. The third-order valence-electron chi connectivity index (χ3n) is 6.73. The Morgan fingerprint density at radius 2 is 1.77 bits per heavy atom. The second kappa shape index (κ2) is 13.3. The molecule has 4 atom stereocenters. The van der Waals surface area contributed by atoms with Crippen LogP contribution in [0.25, 0.3) is 16.8 Å². The van der Waals surface area contributed by atoms with Gasteiger partial charge >= 0.3 is 5.97 Å². The van der Waals surface area contributed by atoms with E-state index < -0.39 is 42.0 Å². The number of rotatable bonds is 10. The molecule has 1 fully saturated rings. The van der Waals surface area contributed by atoms with Crippen molar-refractivity contribution in [3.8, 4) is 0 Å². The molecule has 2 aromatic carbocycles. The van der Waals surface area contributed by atoms with Crippen molar-refractivity contribution in [2.45, 2.75) is 71.2 Å². The normalized spacial score (nSPS) is 18.1. The summed E-state index contributed by atoms with van der Waals surface area (Å²) in [6, 6.07) is 9.09. The Kier molecular flexibility index (Phi) is 10.2. The van der Waals surface area contributed by atoms with E-state index in [-0.39, 0.29) is 18.2 Å². The molecule has 0 radical (unpaired) electrons. The van der Waals surface area contributed by atoms with Crippen LogP contribution < -0.4 is 16.1 Å². The highest BCUT2D eigenvalue weighted by Gasteiger charge is 2.32. The molecule has 1 saturated heterocycles. The number of aliphatic hydroxyl groups excluding tert-OH is 1. The van der Waals surface area contributed by atoms with Crippen molar-refractivity contribution in [1.29, 1.82) is 0 Å². The summed E-state index contributed by atoms with van der Waals surface area (Å²) in [5, 5.41) is 27.7. The lowest BCUT2D eigenvalue weighted by Crippen LogP contribution is -2.60. The van der Waals surface area contributed by atoms with Crippen molar-refractivity contribution in [2.24, 2.45) is 5.92 Å². The highest BCUT2D eigenvalue weighted by molar-refractivity contribution is 5.92. The summed E-state index contributed by atoms with van der Waals surface area (Å²) in [6.45, 7) is 7.19. The van der Waals surface area contributed by atoms with Crippen molar-refractivity contribution >= 4 is 40.5 Å². The molecule has 0 aromatic heterocycles. The molecule has 0 aliphatic carbocycles. The van der Waals surface area contributed by atoms with Gasteiger partial charge in [0.25, 0.3) is 5.91 Å². The van der Waals surface area contributed by atoms with Gasteiger partial charge in [0.15, 0.2) is 0 Å². The molecule has 2 aromatic rings. The van der Waals surface area contributed by atoms with E-state index in [9.17, 15) is 29.4 Å². The number of nitrogens with one attached hydrogen (secondary N) is 3. The Morgan fingerprint density at radius 1 is 1.05 bits per heavy atom. The Bertz CT molecular complexity index is 1240. The molecule has 210 valence electrons. The zero-order valence-electron chi connectivity index (χ0n) is 22.8. The molecule has 5 N–H and O–H groups in total. The third kappa shape index (κ3) is 8.11. The van der Waals surface area contributed by atoms with Crippen molar-refractivity contribution in [2.75, 3.05) is 6.54 Å². The molecule has 3 rings (SSSR count). The number of carboxylic acids is 1. The van der Waals surface area contributed by atoms with Crippen LogP contribution in [0.15, 0.2) is 42.5 Å². The minimum atomic E-state index is -1.04. The van der Waals surface area contributed by atoms with E-state index in [1.54, 1.807) is 26.8 Å². The molecular weight excluding hydrogens is 500 g/mol. The van der Waals surface area contributed by atoms with E-state index in [1.165, 1.54) is 11.9 Å². The summed E-state index contributed by atoms with van der Waals surface area (Å²) in [4.78, 5) is 49.6. The van der Waals surface area contributed by atoms with Crippen molar-refractivity contribution < 1.29 is 29.4 Å². The number of fused-ring (bicyclic) bond motifs is 1. The smallest absolute Gasteiger partial charge is 0.322 e. The number of aliphatic hydroxyl groups is 1. The third-order valence-corrected chi connectivity index (χ3v) is 6.73. The fourth-order valence-electron chi connectivity index (χ4n) is 4.44. The maximum absolute atomic E-state index is 12.9. The average Bonchev–Trinajstić information content (AvgIpc) is 2.90. The molecule has 0 unspecified atom stereocenters. The van der Waals surface area contributed by atoms with Crippen LogP contribution in [0.5, 0.6) is 0 Å². The first-order valence-corrected chi connectivity index (χ1v) is 13.2. The summed E-state index contributed by atoms with van der Waals surface area (Å²) in [5.41, 5.74) is 4.42. The van der Waals surface area contributed by atoms with Crippen LogP contribution in [0.3, 0.4) is 0 Å². The van der Waals surface area contributed by atoms with Crippen LogP contribution in [-0.2, 0) is 19.2 Å². The first kappa shape index (κ1) is 29.8. The average molecular weight is 539 g/mol. The minimum absolute atomic E-state index is 0.0605. The molecule has 3 amide bonds. The fraction of sp³-hybridized carbons (Fsp3) is 0.448. The lowest BCUT2D eigenvalue weighted by atomic mass is 10.0. The number of carbonyl (C=O) groups excluding carboxylic acids is 3. The van der Waals surface area contributed by atoms with Gasteiger partial charge in [0.2, 0.25) is 11.8 Å². The van der Waals surface area contributed by atoms with Gasteiger partial charge in [0.1, 0.15) is 18.1 Å². The van der Waals surface area contributed by atoms with Gasteiger partial charge in [-0.3, -0.25) is 24.2 Å². The van der Waals surface area contributed by atoms with Gasteiger partial charge in [-0.2, -0.15) is 0 Å². The molecule has 0 bridgehead atoms. The Balaban J connectivity index is 1.56. The van der Waals surface area contributed by atoms with E-state index in [0.29, 0.717) is 19.4 Å². The number of nitrogens with zero attached hydrogens (tertiary/aromatic N) is 1. The van der Waals surface area contributed by atoms with E-state index in [4.69, 9.17) is 0 Å². The maximum atomic E-state index is 12.9. The summed E-state index contributed by atoms with van der Waals surface area (Å²) in [7, 11) is 0. The van der Waals surface area contributed by atoms with E-state index in [1.807, 2.05) is 42.5 Å². The van der Waals surface area contributed by atoms with Crippen LogP contribution >= 0.6 is 0 Å². The summed E-state index contributed by atoms with van der Waals surface area (Å²) < 4.78 is 0. The van der Waals surface area contributed by atoms with E-state index in [2.05, 4.69) is 16.1 Å². The summed E-state index contributed by atoms with van der Waals surface area (Å²) in [6.07, 6.45) is 4.00. The van der Waals surface area contributed by atoms with Gasteiger partial charge in [-0.25, -0.2) is 5.43 Å². The second-order valence-electron chi connectivity index (χ2n) is 10.3. The van der Waals surface area contributed by atoms with Crippen LogP contribution in [0, 0.1) is 5.92 Å². The van der Waals surface area contributed by atoms with Crippen LogP contribution in [0.4, 0.5) is 0 Å². The lowest BCUT2D eigenvalue weighted by molar-refractivity contribution is -0.148. The van der Waals surface area contributed by atoms with Crippen LogP contribution in [-0.4, -0.2) is 63.6 Å². The van der Waals surface area contributed by atoms with Gasteiger partial charge in [0.05, 0.1) is 6.10 Å². The van der Waals surface area contributed by atoms with Crippen LogP contribution in [0.1, 0.15) is 64.2 Å². The predicted molar refractivity (Wildman–Crippen MR) is 148 cm³/mol. The minimum Gasteiger partial charge on any atom is -0.480 e. The molecule has 39 heavy (non-hydrogen) atoms. The van der Waals surface area contributed by atoms with Crippen molar-refractivity contribution in [1.82, 2.24) is 21.1 Å². The van der Waals surface area contributed by atoms with Gasteiger partial charge in [0, 0.05) is 13.0 Å². The van der Waals surface area contributed by atoms with Gasteiger partial charge in [-0.15, -0.1) is 0 Å². The SMILES string of the molecule is CC(C)[C@H](NC(=O)CC=Cc1ccc2ccc([C@@H](C)O)cc2c1)C(=O)N[C@@H](C)C(=O)N1CCC[C@@H](C(=O)O)N1. The largest absolute Gasteiger partial charge is 0.480 e. The molecule has 1 heterocycles. The van der Waals surface area contributed by atoms with E-state index >= 15 is 0 Å². The number of aliphatic carboxylic acids is 1. The topological polar surface area (TPSA) is 148 Å². The number of hydrazine groups is 1. The van der Waals surface area contributed by atoms with Crippen molar-refractivity contribution in [3.05, 3.63) is 53.6 Å². The zero-order valence-corrected chi connectivity index (χ0v) is 22.8. The number of amides is 3. The molecule has 1 aliphatic heterocycles. The predicted octanol–water partition coefficient (Wildman–Crippen LogP) is 2.52. The standard InChI is InChI=1S/C29H38N4O6/c1-17(2)26(27(36)30-18(3)28(37)33-14-6-8-24(32-33)29(38)39)31-25(35)9-5-7-20-10-11-21-12-13-22(19(4)34)16-23(21)15-20/h5,7,10-13,15-19,24,26,32,34H,6,8-9,14H2,1-4H3,(H,30,36)(H,31,35)(H,38,39)/t18-,19+,24-,26-/m0/s1. The van der Waals surface area contributed by atoms with Gasteiger partial charge in [-0.1, -0.05) is 50.3 Å². The quantitative estimate of drug-likeness (QED) is 0.312. The van der Waals surface area contributed by atoms with Gasteiger partial charge in [-0.05, 0) is 66.6 Å². The number of hydrogen-bond donors (Lipinski definition) is 5. The molecule has 0 spiro atoms. The molecule has 10 nitrogen and oxygen atoms in total. The lowest BCUT2D eigenvalue weighted by Gasteiger charge is -2.34. The Labute approximate surface area is 228 Å². The maximum Gasteiger partial charge on any atom is 0.322 e. The Hall–Kier alpha value is -3.76. The zero-order chi connectivity index (χ0) is 28.7.